The van der Waals surface area contributed by atoms with Crippen LogP contribution < -0.4 is 14.4 Å². The number of nitrogens with zero attached hydrogens (tertiary/aromatic N) is 2. The molecule has 3 aromatic carbocycles. The highest BCUT2D eigenvalue weighted by atomic mass is 79.9. The minimum absolute atomic E-state index is 0.0846. The topological polar surface area (TPSA) is 96.0 Å². The normalized spacial score (nSPS) is 11.9. The van der Waals surface area contributed by atoms with Crippen LogP contribution in [0.25, 0.3) is 0 Å². The first-order valence-electron chi connectivity index (χ1n) is 13.2. The number of carbonyl (C=O) groups is 2. The monoisotopic (exact) mass is 663 g/mol. The molecule has 0 fully saturated rings. The molecule has 0 aromatic heterocycles. The molecule has 3 rings (SSSR count). The molecule has 11 heteroatoms. The molecule has 0 bridgehead atoms. The minimum Gasteiger partial charge on any atom is -0.495 e. The van der Waals surface area contributed by atoms with E-state index in [0.717, 1.165) is 39.0 Å². The lowest BCUT2D eigenvalue weighted by molar-refractivity contribution is -0.140. The third-order valence-corrected chi connectivity index (χ3v) is 8.29. The Balaban J connectivity index is 2.08. The van der Waals surface area contributed by atoms with Crippen molar-refractivity contribution >= 4 is 55.1 Å². The number of methoxy groups -OCH3 is 1. The number of hydrogen-bond donors (Lipinski definition) is 1. The Morgan fingerprint density at radius 1 is 1.02 bits per heavy atom. The maximum atomic E-state index is 14.2. The van der Waals surface area contributed by atoms with Crippen LogP contribution in [0.3, 0.4) is 0 Å². The van der Waals surface area contributed by atoms with Gasteiger partial charge in [0.25, 0.3) is 0 Å². The molecule has 220 valence electrons. The molecule has 0 unspecified atom stereocenters. The molecule has 0 aliphatic carbocycles. The molecule has 1 N–H and O–H groups in total. The third kappa shape index (κ3) is 9.48. The van der Waals surface area contributed by atoms with Crippen molar-refractivity contribution in [3.05, 3.63) is 93.4 Å². The zero-order valence-corrected chi connectivity index (χ0v) is 26.5. The minimum atomic E-state index is -3.96. The van der Waals surface area contributed by atoms with Crippen LogP contribution in [0.1, 0.15) is 30.9 Å². The maximum Gasteiger partial charge on any atom is 0.244 e. The number of unbranched alkanes of at least 4 members (excludes halogenated alkanes) is 1. The summed E-state index contributed by atoms with van der Waals surface area (Å²) in [5, 5.41) is 3.25. The molecule has 0 saturated carbocycles. The highest BCUT2D eigenvalue weighted by Gasteiger charge is 2.33. The number of amides is 2. The summed E-state index contributed by atoms with van der Waals surface area (Å²) in [6, 6.07) is 20.5. The van der Waals surface area contributed by atoms with Crippen molar-refractivity contribution < 1.29 is 22.7 Å². The zero-order valence-electron chi connectivity index (χ0n) is 23.3. The van der Waals surface area contributed by atoms with Crippen LogP contribution in [0.4, 0.5) is 5.69 Å². The van der Waals surface area contributed by atoms with Gasteiger partial charge < -0.3 is 15.0 Å². The number of sulfonamides is 1. The van der Waals surface area contributed by atoms with E-state index in [0.29, 0.717) is 6.54 Å². The molecule has 1 atom stereocenters. The van der Waals surface area contributed by atoms with E-state index in [1.54, 1.807) is 12.1 Å². The van der Waals surface area contributed by atoms with E-state index in [1.165, 1.54) is 18.1 Å². The number of ether oxygens (including phenoxy) is 1. The molecule has 2 amide bonds. The standard InChI is InChI=1S/C30H35BrClN3O5S/c1-4-5-16-33-30(37)27(18-22-10-7-6-8-11-22)34(20-23-12-9-13-24(31)17-23)29(36)21-35(41(3,38)39)26-19-25(32)14-15-28(26)40-2/h6-15,17,19,27H,4-5,16,18,20-21H2,1-3H3,(H,33,37)/t27-/m0/s1. The lowest BCUT2D eigenvalue weighted by Crippen LogP contribution is -2.53. The molecule has 0 spiro atoms. The summed E-state index contributed by atoms with van der Waals surface area (Å²) in [5.41, 5.74) is 1.77. The molecule has 41 heavy (non-hydrogen) atoms. The molecule has 0 radical (unpaired) electrons. The van der Waals surface area contributed by atoms with Gasteiger partial charge in [0.05, 0.1) is 19.1 Å². The third-order valence-electron chi connectivity index (χ3n) is 6.43. The van der Waals surface area contributed by atoms with Gasteiger partial charge in [0.15, 0.2) is 0 Å². The quantitative estimate of drug-likeness (QED) is 0.232. The van der Waals surface area contributed by atoms with Crippen molar-refractivity contribution in [2.75, 3.05) is 30.8 Å². The highest BCUT2D eigenvalue weighted by molar-refractivity contribution is 9.10. The Labute approximate surface area is 255 Å². The Kier molecular flexibility index (Phi) is 12.1. The molecule has 0 heterocycles. The van der Waals surface area contributed by atoms with Gasteiger partial charge in [0, 0.05) is 29.0 Å². The zero-order chi connectivity index (χ0) is 30.0. The number of halogens is 2. The molecule has 0 aliphatic rings. The Morgan fingerprint density at radius 3 is 2.37 bits per heavy atom. The molecule has 0 saturated heterocycles. The number of rotatable bonds is 14. The van der Waals surface area contributed by atoms with Crippen LogP contribution in [0.5, 0.6) is 5.75 Å². The lowest BCUT2D eigenvalue weighted by Gasteiger charge is -2.33. The van der Waals surface area contributed by atoms with Crippen molar-refractivity contribution in [3.63, 3.8) is 0 Å². The number of hydrogen-bond acceptors (Lipinski definition) is 5. The van der Waals surface area contributed by atoms with Crippen LogP contribution in [0.2, 0.25) is 5.02 Å². The van der Waals surface area contributed by atoms with Crippen LogP contribution >= 0.6 is 27.5 Å². The van der Waals surface area contributed by atoms with Crippen molar-refractivity contribution in [2.24, 2.45) is 0 Å². The first kappa shape index (κ1) is 32.4. The summed E-state index contributed by atoms with van der Waals surface area (Å²) in [5.74, 6) is -0.620. The SMILES string of the molecule is CCCCNC(=O)[C@H](Cc1ccccc1)N(Cc1cccc(Br)c1)C(=O)CN(c1cc(Cl)ccc1OC)S(C)(=O)=O. The molecule has 3 aromatic rings. The van der Waals surface area contributed by atoms with E-state index in [1.807, 2.05) is 61.5 Å². The summed E-state index contributed by atoms with van der Waals surface area (Å²) < 4.78 is 33.2. The lowest BCUT2D eigenvalue weighted by atomic mass is 10.0. The predicted octanol–water partition coefficient (Wildman–Crippen LogP) is 5.43. The summed E-state index contributed by atoms with van der Waals surface area (Å²) in [6.45, 7) is 2.02. The van der Waals surface area contributed by atoms with Gasteiger partial charge in [-0.3, -0.25) is 13.9 Å². The van der Waals surface area contributed by atoms with E-state index in [4.69, 9.17) is 16.3 Å². The Bertz CT molecular complexity index is 1440. The van der Waals surface area contributed by atoms with Crippen LogP contribution in [0.15, 0.2) is 77.3 Å². The van der Waals surface area contributed by atoms with Gasteiger partial charge in [0.1, 0.15) is 18.3 Å². The molecule has 0 aliphatic heterocycles. The average molecular weight is 665 g/mol. The van der Waals surface area contributed by atoms with Gasteiger partial charge in [-0.05, 0) is 47.9 Å². The Morgan fingerprint density at radius 2 is 1.73 bits per heavy atom. The number of nitrogens with one attached hydrogen (secondary N) is 1. The van der Waals surface area contributed by atoms with E-state index in [-0.39, 0.29) is 35.3 Å². The van der Waals surface area contributed by atoms with Crippen molar-refractivity contribution in [2.45, 2.75) is 38.8 Å². The van der Waals surface area contributed by atoms with Gasteiger partial charge in [-0.15, -0.1) is 0 Å². The van der Waals surface area contributed by atoms with E-state index >= 15 is 0 Å². The summed E-state index contributed by atoms with van der Waals surface area (Å²) in [6.07, 6.45) is 2.95. The van der Waals surface area contributed by atoms with E-state index in [2.05, 4.69) is 21.2 Å². The fraction of sp³-hybridized carbons (Fsp3) is 0.333. The van der Waals surface area contributed by atoms with Crippen LogP contribution in [0, 0.1) is 0 Å². The van der Waals surface area contributed by atoms with Crippen molar-refractivity contribution in [1.29, 1.82) is 0 Å². The second kappa shape index (κ2) is 15.2. The molecular formula is C30H35BrClN3O5S. The maximum absolute atomic E-state index is 14.2. The first-order valence-corrected chi connectivity index (χ1v) is 16.2. The molecular weight excluding hydrogens is 630 g/mol. The smallest absolute Gasteiger partial charge is 0.244 e. The summed E-state index contributed by atoms with van der Waals surface area (Å²) >= 11 is 9.68. The number of carbonyl (C=O) groups excluding carboxylic acids is 2. The number of anilines is 1. The first-order chi connectivity index (χ1) is 19.5. The summed E-state index contributed by atoms with van der Waals surface area (Å²) in [7, 11) is -2.55. The second-order valence-corrected chi connectivity index (χ2v) is 12.8. The van der Waals surface area contributed by atoms with Crippen LogP contribution in [-0.4, -0.2) is 57.6 Å². The predicted molar refractivity (Wildman–Crippen MR) is 167 cm³/mol. The van der Waals surface area contributed by atoms with Gasteiger partial charge in [-0.2, -0.15) is 0 Å². The van der Waals surface area contributed by atoms with Crippen LogP contribution in [-0.2, 0) is 32.6 Å². The Hall–Kier alpha value is -3.08. The number of benzene rings is 3. The van der Waals surface area contributed by atoms with Gasteiger partial charge in [-0.25, -0.2) is 8.42 Å². The highest BCUT2D eigenvalue weighted by Crippen LogP contribution is 2.33. The van der Waals surface area contributed by atoms with Gasteiger partial charge >= 0.3 is 0 Å². The fourth-order valence-corrected chi connectivity index (χ4v) is 5.80. The summed E-state index contributed by atoms with van der Waals surface area (Å²) in [4.78, 5) is 29.3. The van der Waals surface area contributed by atoms with Crippen molar-refractivity contribution in [1.82, 2.24) is 10.2 Å². The fourth-order valence-electron chi connectivity index (χ4n) is 4.34. The molecule has 8 nitrogen and oxygen atoms in total. The largest absolute Gasteiger partial charge is 0.495 e. The van der Waals surface area contributed by atoms with Crippen molar-refractivity contribution in [3.8, 4) is 5.75 Å². The second-order valence-electron chi connectivity index (χ2n) is 9.59. The average Bonchev–Trinajstić information content (AvgIpc) is 2.93. The van der Waals surface area contributed by atoms with E-state index < -0.39 is 28.5 Å². The van der Waals surface area contributed by atoms with Gasteiger partial charge in [0.2, 0.25) is 21.8 Å². The van der Waals surface area contributed by atoms with Gasteiger partial charge in [-0.1, -0.05) is 83.3 Å². The van der Waals surface area contributed by atoms with E-state index in [9.17, 15) is 18.0 Å².